The molecule has 3 rings (SSSR count). The lowest BCUT2D eigenvalue weighted by molar-refractivity contribution is -0.154. The Morgan fingerprint density at radius 2 is 1.84 bits per heavy atom. The topological polar surface area (TPSA) is 83.9 Å². The smallest absolute Gasteiger partial charge is 0.338 e. The molecular formula is C24H29NO5S. The first-order valence-corrected chi connectivity index (χ1v) is 11.4. The highest BCUT2D eigenvalue weighted by Gasteiger charge is 2.40. The Labute approximate surface area is 186 Å². The lowest BCUT2D eigenvalue weighted by Crippen LogP contribution is -2.47. The van der Waals surface area contributed by atoms with Gasteiger partial charge in [-0.05, 0) is 50.7 Å². The number of rotatable bonds is 6. The fraction of sp³-hybridized carbons (Fsp3) is 0.458. The number of amides is 1. The summed E-state index contributed by atoms with van der Waals surface area (Å²) in [6.07, 6.45) is 1.62. The minimum absolute atomic E-state index is 0.110. The molecule has 1 fully saturated rings. The summed E-state index contributed by atoms with van der Waals surface area (Å²) in [5.41, 5.74) is 1.01. The second kappa shape index (κ2) is 9.64. The molecular weight excluding hydrogens is 414 g/mol. The molecule has 0 bridgehead atoms. The molecule has 1 heterocycles. The number of hydrogen-bond donors (Lipinski definition) is 1. The fourth-order valence-electron chi connectivity index (χ4n) is 4.18. The van der Waals surface area contributed by atoms with E-state index in [9.17, 15) is 19.5 Å². The van der Waals surface area contributed by atoms with Crippen LogP contribution in [0.15, 0.2) is 36.4 Å². The molecule has 1 N–H and O–H groups in total. The zero-order chi connectivity index (χ0) is 22.7. The molecule has 1 aromatic carbocycles. The van der Waals surface area contributed by atoms with Crippen molar-refractivity contribution < 1.29 is 24.2 Å². The van der Waals surface area contributed by atoms with Crippen LogP contribution in [0.5, 0.6) is 0 Å². The predicted octanol–water partition coefficient (Wildman–Crippen LogP) is 5.22. The van der Waals surface area contributed by atoms with Gasteiger partial charge in [0.15, 0.2) is 0 Å². The van der Waals surface area contributed by atoms with Crippen LogP contribution >= 0.6 is 11.3 Å². The van der Waals surface area contributed by atoms with Crippen LogP contribution in [0.1, 0.15) is 57.3 Å². The van der Waals surface area contributed by atoms with Crippen LogP contribution < -0.4 is 4.90 Å². The lowest BCUT2D eigenvalue weighted by atomic mass is 9.79. The second-order valence-corrected chi connectivity index (χ2v) is 9.51. The van der Waals surface area contributed by atoms with E-state index in [-0.39, 0.29) is 17.5 Å². The summed E-state index contributed by atoms with van der Waals surface area (Å²) in [4.78, 5) is 39.8. The Hall–Kier alpha value is -2.67. The summed E-state index contributed by atoms with van der Waals surface area (Å²) in [6.45, 7) is 7.19. The third kappa shape index (κ3) is 5.15. The summed E-state index contributed by atoms with van der Waals surface area (Å²) in [5, 5.41) is 10.3. The molecule has 0 spiro atoms. The van der Waals surface area contributed by atoms with Gasteiger partial charge in [-0.15, -0.1) is 11.3 Å². The van der Waals surface area contributed by atoms with E-state index in [1.165, 1.54) is 18.3 Å². The molecule has 3 atom stereocenters. The summed E-state index contributed by atoms with van der Waals surface area (Å²) in [7, 11) is 0. The number of hydrogen-bond acceptors (Lipinski definition) is 5. The third-order valence-electron chi connectivity index (χ3n) is 5.66. The number of carboxylic acids is 1. The molecule has 0 saturated heterocycles. The van der Waals surface area contributed by atoms with Crippen molar-refractivity contribution in [3.8, 4) is 10.4 Å². The van der Waals surface area contributed by atoms with E-state index in [0.29, 0.717) is 23.8 Å². The monoisotopic (exact) mass is 443 g/mol. The number of ether oxygens (including phenoxy) is 1. The Balaban J connectivity index is 2.01. The third-order valence-corrected chi connectivity index (χ3v) is 6.85. The minimum atomic E-state index is -1.07. The van der Waals surface area contributed by atoms with Crippen molar-refractivity contribution >= 4 is 34.2 Å². The van der Waals surface area contributed by atoms with E-state index in [1.807, 2.05) is 44.2 Å². The van der Waals surface area contributed by atoms with Gasteiger partial charge in [-0.25, -0.2) is 4.79 Å². The fourth-order valence-corrected chi connectivity index (χ4v) is 5.47. The van der Waals surface area contributed by atoms with E-state index in [4.69, 9.17) is 4.74 Å². The van der Waals surface area contributed by atoms with E-state index in [1.54, 1.807) is 11.0 Å². The number of carbonyl (C=O) groups excluding carboxylic acids is 2. The Morgan fingerprint density at radius 3 is 2.42 bits per heavy atom. The first-order chi connectivity index (χ1) is 14.7. The molecule has 0 aliphatic heterocycles. The largest absolute Gasteiger partial charge is 0.478 e. The molecule has 1 aliphatic rings. The number of esters is 1. The standard InChI is InChI=1S/C24H29NO5S/c1-14(2)25(22(27)18-11-10-15(3)12-20(18)30-16(4)26)23-19(24(28)29)13-21(31-23)17-8-6-5-7-9-17/h5-9,13-15,18,20H,10-12H2,1-4H3,(H,28,29)/t15-,18-,20+/m1/s1. The van der Waals surface area contributed by atoms with Gasteiger partial charge in [-0.1, -0.05) is 37.3 Å². The van der Waals surface area contributed by atoms with Gasteiger partial charge in [-0.3, -0.25) is 9.59 Å². The van der Waals surface area contributed by atoms with E-state index in [0.717, 1.165) is 16.9 Å². The van der Waals surface area contributed by atoms with Gasteiger partial charge >= 0.3 is 11.9 Å². The first kappa shape index (κ1) is 23.0. The molecule has 1 aliphatic carbocycles. The Kier molecular flexibility index (Phi) is 7.15. The van der Waals surface area contributed by atoms with Crippen molar-refractivity contribution in [3.05, 3.63) is 42.0 Å². The zero-order valence-corrected chi connectivity index (χ0v) is 19.1. The molecule has 0 radical (unpaired) electrons. The maximum absolute atomic E-state index is 13.7. The van der Waals surface area contributed by atoms with Crippen molar-refractivity contribution in [3.63, 3.8) is 0 Å². The Bertz CT molecular complexity index is 952. The Morgan fingerprint density at radius 1 is 1.16 bits per heavy atom. The zero-order valence-electron chi connectivity index (χ0n) is 18.3. The van der Waals surface area contributed by atoms with E-state index >= 15 is 0 Å². The summed E-state index contributed by atoms with van der Waals surface area (Å²) < 4.78 is 5.51. The van der Waals surface area contributed by atoms with Crippen molar-refractivity contribution in [2.45, 2.75) is 59.1 Å². The number of thiophene rings is 1. The second-order valence-electron chi connectivity index (χ2n) is 8.48. The molecule has 166 valence electrons. The van der Waals surface area contributed by atoms with Crippen LogP contribution in [0.4, 0.5) is 5.00 Å². The highest BCUT2D eigenvalue weighted by Crippen LogP contribution is 2.41. The average molecular weight is 444 g/mol. The van der Waals surface area contributed by atoms with E-state index in [2.05, 4.69) is 6.92 Å². The highest BCUT2D eigenvalue weighted by atomic mass is 32.1. The van der Waals surface area contributed by atoms with Crippen LogP contribution in [0.3, 0.4) is 0 Å². The molecule has 6 nitrogen and oxygen atoms in total. The lowest BCUT2D eigenvalue weighted by Gasteiger charge is -2.37. The average Bonchev–Trinajstić information content (AvgIpc) is 3.13. The number of nitrogens with zero attached hydrogens (tertiary/aromatic N) is 1. The van der Waals surface area contributed by atoms with Crippen LogP contribution in [0.25, 0.3) is 10.4 Å². The number of anilines is 1. The molecule has 1 saturated carbocycles. The van der Waals surface area contributed by atoms with Crippen molar-refractivity contribution in [2.75, 3.05) is 4.90 Å². The molecule has 7 heteroatoms. The van der Waals surface area contributed by atoms with E-state index < -0.39 is 24.0 Å². The van der Waals surface area contributed by atoms with Crippen LogP contribution in [-0.4, -0.2) is 35.1 Å². The maximum Gasteiger partial charge on any atom is 0.338 e. The number of aromatic carboxylic acids is 1. The normalized spacial score (nSPS) is 21.0. The maximum atomic E-state index is 13.7. The van der Waals surface area contributed by atoms with Gasteiger partial charge in [-0.2, -0.15) is 0 Å². The quantitative estimate of drug-likeness (QED) is 0.619. The summed E-state index contributed by atoms with van der Waals surface area (Å²) in [6, 6.07) is 10.9. The molecule has 31 heavy (non-hydrogen) atoms. The molecule has 1 aromatic heterocycles. The first-order valence-electron chi connectivity index (χ1n) is 10.6. The van der Waals surface area contributed by atoms with Crippen LogP contribution in [0.2, 0.25) is 0 Å². The van der Waals surface area contributed by atoms with Crippen molar-refractivity contribution in [2.24, 2.45) is 11.8 Å². The van der Waals surface area contributed by atoms with Gasteiger partial charge in [0.1, 0.15) is 11.1 Å². The summed E-state index contributed by atoms with van der Waals surface area (Å²) in [5.74, 6) is -1.77. The van der Waals surface area contributed by atoms with Crippen LogP contribution in [-0.2, 0) is 14.3 Å². The summed E-state index contributed by atoms with van der Waals surface area (Å²) >= 11 is 1.30. The van der Waals surface area contributed by atoms with Crippen molar-refractivity contribution in [1.82, 2.24) is 0 Å². The molecule has 2 aromatic rings. The van der Waals surface area contributed by atoms with Gasteiger partial charge in [0.2, 0.25) is 5.91 Å². The van der Waals surface area contributed by atoms with Gasteiger partial charge in [0.05, 0.1) is 11.5 Å². The van der Waals surface area contributed by atoms with Gasteiger partial charge < -0.3 is 14.7 Å². The van der Waals surface area contributed by atoms with Gasteiger partial charge in [0, 0.05) is 17.8 Å². The van der Waals surface area contributed by atoms with Gasteiger partial charge in [0.25, 0.3) is 0 Å². The molecule has 0 unspecified atom stereocenters. The highest BCUT2D eigenvalue weighted by molar-refractivity contribution is 7.20. The number of carboxylic acid groups (broad SMARTS) is 1. The van der Waals surface area contributed by atoms with Crippen molar-refractivity contribution in [1.29, 1.82) is 0 Å². The predicted molar refractivity (Wildman–Crippen MR) is 121 cm³/mol. The molecule has 1 amide bonds. The SMILES string of the molecule is CC(=O)O[C@H]1C[C@H](C)CC[C@H]1C(=O)N(c1sc(-c2ccccc2)cc1C(=O)O)C(C)C. The number of benzene rings is 1. The minimum Gasteiger partial charge on any atom is -0.478 e. The number of carbonyl (C=O) groups is 3. The van der Waals surface area contributed by atoms with Crippen LogP contribution in [0, 0.1) is 11.8 Å².